The van der Waals surface area contributed by atoms with Crippen LogP contribution in [0.15, 0.2) is 72.8 Å². The molecule has 0 heterocycles. The number of hydrogen-bond donors (Lipinski definition) is 1. The molecule has 2 aromatic rings. The van der Waals surface area contributed by atoms with Gasteiger partial charge >= 0.3 is 18.2 Å². The van der Waals surface area contributed by atoms with Gasteiger partial charge in [-0.1, -0.05) is 72.8 Å². The standard InChI is InChI=1S/C26H30F3NO4/c1-25(2,3)34-24(32)30-22(17-20-12-8-5-9-13-20)15-14-21(16-19-10-6-4-7-11-19)18-33-23(31)26(27,28)29/h4-15,21-22H,16-18H2,1-3H3,(H,30,32)/b15-14+/t21-,22+/m0/s1. The monoisotopic (exact) mass is 477 g/mol. The van der Waals surface area contributed by atoms with Crippen LogP contribution >= 0.6 is 0 Å². The summed E-state index contributed by atoms with van der Waals surface area (Å²) < 4.78 is 47.7. The fourth-order valence-corrected chi connectivity index (χ4v) is 3.15. The van der Waals surface area contributed by atoms with Crippen LogP contribution in [0, 0.1) is 5.92 Å². The van der Waals surface area contributed by atoms with Crippen LogP contribution in [-0.2, 0) is 27.1 Å². The molecular weight excluding hydrogens is 447 g/mol. The van der Waals surface area contributed by atoms with E-state index in [-0.39, 0.29) is 0 Å². The van der Waals surface area contributed by atoms with Crippen LogP contribution in [0.2, 0.25) is 0 Å². The van der Waals surface area contributed by atoms with Crippen molar-refractivity contribution in [1.29, 1.82) is 0 Å². The molecule has 0 saturated carbocycles. The predicted molar refractivity (Wildman–Crippen MR) is 123 cm³/mol. The minimum absolute atomic E-state index is 0.354. The lowest BCUT2D eigenvalue weighted by Gasteiger charge is -2.23. The summed E-state index contributed by atoms with van der Waals surface area (Å²) in [6, 6.07) is 18.1. The number of nitrogens with one attached hydrogen (secondary N) is 1. The summed E-state index contributed by atoms with van der Waals surface area (Å²) >= 11 is 0. The Bertz CT molecular complexity index is 938. The van der Waals surface area contributed by atoms with Gasteiger partial charge in [-0.15, -0.1) is 0 Å². The molecule has 0 spiro atoms. The zero-order valence-corrected chi connectivity index (χ0v) is 19.5. The molecular formula is C26H30F3NO4. The summed E-state index contributed by atoms with van der Waals surface area (Å²) in [6.45, 7) is 4.80. The quantitative estimate of drug-likeness (QED) is 0.375. The third kappa shape index (κ3) is 10.6. The van der Waals surface area contributed by atoms with Crippen LogP contribution in [-0.4, -0.2) is 36.5 Å². The molecule has 0 bridgehead atoms. The number of amides is 1. The lowest BCUT2D eigenvalue weighted by molar-refractivity contribution is -0.200. The Balaban J connectivity index is 2.19. The van der Waals surface area contributed by atoms with E-state index in [1.807, 2.05) is 60.7 Å². The van der Waals surface area contributed by atoms with Gasteiger partial charge in [-0.05, 0) is 44.7 Å². The van der Waals surface area contributed by atoms with Crippen molar-refractivity contribution in [2.45, 2.75) is 51.4 Å². The maximum Gasteiger partial charge on any atom is 0.490 e. The largest absolute Gasteiger partial charge is 0.490 e. The Morgan fingerprint density at radius 3 is 1.91 bits per heavy atom. The lowest BCUT2D eigenvalue weighted by atomic mass is 9.97. The molecule has 2 aromatic carbocycles. The number of halogens is 3. The van der Waals surface area contributed by atoms with E-state index in [0.29, 0.717) is 12.8 Å². The second-order valence-electron chi connectivity index (χ2n) is 8.87. The summed E-state index contributed by atoms with van der Waals surface area (Å²) in [6.07, 6.45) is -1.51. The summed E-state index contributed by atoms with van der Waals surface area (Å²) in [5, 5.41) is 2.79. The van der Waals surface area contributed by atoms with Crippen molar-refractivity contribution < 1.29 is 32.2 Å². The van der Waals surface area contributed by atoms with Crippen molar-refractivity contribution in [3.05, 3.63) is 83.9 Å². The summed E-state index contributed by atoms with van der Waals surface area (Å²) in [4.78, 5) is 23.6. The van der Waals surface area contributed by atoms with Gasteiger partial charge in [0.05, 0.1) is 12.6 Å². The van der Waals surface area contributed by atoms with Crippen LogP contribution in [0.25, 0.3) is 0 Å². The van der Waals surface area contributed by atoms with Gasteiger partial charge in [-0.2, -0.15) is 13.2 Å². The van der Waals surface area contributed by atoms with Gasteiger partial charge in [0, 0.05) is 5.92 Å². The second kappa shape index (κ2) is 12.3. The van der Waals surface area contributed by atoms with E-state index in [2.05, 4.69) is 10.1 Å². The molecule has 0 aromatic heterocycles. The van der Waals surface area contributed by atoms with Gasteiger partial charge in [0.25, 0.3) is 0 Å². The first kappa shape index (κ1) is 27.0. The van der Waals surface area contributed by atoms with E-state index in [4.69, 9.17) is 4.74 Å². The summed E-state index contributed by atoms with van der Waals surface area (Å²) in [5.74, 6) is -2.76. The Labute approximate surface area is 198 Å². The number of ether oxygens (including phenoxy) is 2. The van der Waals surface area contributed by atoms with E-state index < -0.39 is 42.4 Å². The Kier molecular flexibility index (Phi) is 9.71. The number of esters is 1. The molecule has 184 valence electrons. The maximum atomic E-state index is 12.6. The molecule has 2 atom stereocenters. The first-order valence-electron chi connectivity index (χ1n) is 10.9. The van der Waals surface area contributed by atoms with Crippen molar-refractivity contribution in [2.24, 2.45) is 5.92 Å². The third-order valence-electron chi connectivity index (χ3n) is 4.62. The van der Waals surface area contributed by atoms with Crippen LogP contribution in [0.5, 0.6) is 0 Å². The normalized spacial score (nSPS) is 13.8. The van der Waals surface area contributed by atoms with Gasteiger partial charge in [0.1, 0.15) is 5.60 Å². The summed E-state index contributed by atoms with van der Waals surface area (Å²) in [7, 11) is 0. The first-order valence-corrected chi connectivity index (χ1v) is 10.9. The first-order chi connectivity index (χ1) is 15.9. The number of rotatable bonds is 9. The lowest BCUT2D eigenvalue weighted by Crippen LogP contribution is -2.39. The Morgan fingerprint density at radius 2 is 1.41 bits per heavy atom. The molecule has 0 unspecified atom stereocenters. The number of alkyl carbamates (subject to hydrolysis) is 1. The van der Waals surface area contributed by atoms with Gasteiger partial charge in [0.15, 0.2) is 0 Å². The number of carbonyl (C=O) groups is 2. The highest BCUT2D eigenvalue weighted by Crippen LogP contribution is 2.19. The molecule has 0 fully saturated rings. The van der Waals surface area contributed by atoms with Crippen molar-refractivity contribution >= 4 is 12.1 Å². The fourth-order valence-electron chi connectivity index (χ4n) is 3.15. The Hall–Kier alpha value is -3.29. The van der Waals surface area contributed by atoms with Gasteiger partial charge in [0.2, 0.25) is 0 Å². The van der Waals surface area contributed by atoms with Gasteiger partial charge in [-0.25, -0.2) is 9.59 Å². The van der Waals surface area contributed by atoms with Gasteiger partial charge < -0.3 is 14.8 Å². The van der Waals surface area contributed by atoms with Crippen LogP contribution < -0.4 is 5.32 Å². The van der Waals surface area contributed by atoms with Crippen LogP contribution in [0.4, 0.5) is 18.0 Å². The molecule has 0 aliphatic heterocycles. The van der Waals surface area contributed by atoms with Crippen LogP contribution in [0.1, 0.15) is 31.9 Å². The molecule has 34 heavy (non-hydrogen) atoms. The second-order valence-corrected chi connectivity index (χ2v) is 8.87. The molecule has 0 aliphatic rings. The molecule has 8 heteroatoms. The molecule has 2 rings (SSSR count). The highest BCUT2D eigenvalue weighted by molar-refractivity contribution is 5.75. The molecule has 1 amide bonds. The molecule has 0 radical (unpaired) electrons. The maximum absolute atomic E-state index is 12.6. The van der Waals surface area contributed by atoms with E-state index in [1.54, 1.807) is 32.9 Å². The van der Waals surface area contributed by atoms with E-state index in [0.717, 1.165) is 11.1 Å². The third-order valence-corrected chi connectivity index (χ3v) is 4.62. The van der Waals surface area contributed by atoms with Crippen LogP contribution in [0.3, 0.4) is 0 Å². The average Bonchev–Trinajstić information content (AvgIpc) is 2.74. The minimum atomic E-state index is -5.06. The number of hydrogen-bond acceptors (Lipinski definition) is 4. The van der Waals surface area contributed by atoms with Crippen molar-refractivity contribution in [3.63, 3.8) is 0 Å². The highest BCUT2D eigenvalue weighted by Gasteiger charge is 2.41. The number of alkyl halides is 3. The molecule has 0 saturated heterocycles. The summed E-state index contributed by atoms with van der Waals surface area (Å²) in [5.41, 5.74) is 1.14. The Morgan fingerprint density at radius 1 is 0.882 bits per heavy atom. The van der Waals surface area contributed by atoms with E-state index >= 15 is 0 Å². The number of carbonyl (C=O) groups excluding carboxylic acids is 2. The predicted octanol–water partition coefficient (Wildman–Crippen LogP) is 5.64. The molecule has 0 aliphatic carbocycles. The highest BCUT2D eigenvalue weighted by atomic mass is 19.4. The smallest absolute Gasteiger partial charge is 0.458 e. The minimum Gasteiger partial charge on any atom is -0.458 e. The van der Waals surface area contributed by atoms with Crippen molar-refractivity contribution in [3.8, 4) is 0 Å². The van der Waals surface area contributed by atoms with Gasteiger partial charge in [-0.3, -0.25) is 0 Å². The van der Waals surface area contributed by atoms with Crippen molar-refractivity contribution in [1.82, 2.24) is 5.32 Å². The van der Waals surface area contributed by atoms with Crippen molar-refractivity contribution in [2.75, 3.05) is 6.61 Å². The topological polar surface area (TPSA) is 64.6 Å². The zero-order valence-electron chi connectivity index (χ0n) is 19.5. The fraction of sp³-hybridized carbons (Fsp3) is 0.385. The average molecular weight is 478 g/mol. The zero-order chi connectivity index (χ0) is 25.2. The number of benzene rings is 2. The molecule has 1 N–H and O–H groups in total. The molecule has 5 nitrogen and oxygen atoms in total. The SMILES string of the molecule is CC(C)(C)OC(=O)N[C@H](/C=C/[C@H](COC(=O)C(F)(F)F)Cc1ccccc1)Cc1ccccc1. The van der Waals surface area contributed by atoms with E-state index in [9.17, 15) is 22.8 Å². The van der Waals surface area contributed by atoms with E-state index in [1.165, 1.54) is 0 Å².